The molecule has 4 rings (SSSR count). The molecule has 1 aromatic heterocycles. The van der Waals surface area contributed by atoms with Crippen molar-refractivity contribution >= 4 is 16.9 Å². The third kappa shape index (κ3) is 3.56. The van der Waals surface area contributed by atoms with E-state index in [2.05, 4.69) is 34.3 Å². The predicted molar refractivity (Wildman–Crippen MR) is 105 cm³/mol. The zero-order valence-electron chi connectivity index (χ0n) is 16.5. The topological polar surface area (TPSA) is 58.0 Å². The van der Waals surface area contributed by atoms with Gasteiger partial charge in [-0.3, -0.25) is 9.69 Å². The minimum Gasteiger partial charge on any atom is -0.493 e. The number of likely N-dealkylation sites (tertiary alicyclic amines) is 2. The van der Waals surface area contributed by atoms with E-state index in [0.29, 0.717) is 0 Å². The number of amides is 1. The van der Waals surface area contributed by atoms with Gasteiger partial charge in [0.1, 0.15) is 5.76 Å². The molecule has 1 amide bonds. The molecular formula is C21H29N3O3. The van der Waals surface area contributed by atoms with E-state index < -0.39 is 0 Å². The number of furan rings is 1. The number of methoxy groups -OCH3 is 1. The number of nitrogens with one attached hydrogen (secondary N) is 1. The summed E-state index contributed by atoms with van der Waals surface area (Å²) in [6.07, 6.45) is 3.27. The molecule has 0 unspecified atom stereocenters. The van der Waals surface area contributed by atoms with Crippen LogP contribution in [0, 0.1) is 0 Å². The summed E-state index contributed by atoms with van der Waals surface area (Å²) >= 11 is 0. The Bertz CT molecular complexity index is 823. The van der Waals surface area contributed by atoms with Gasteiger partial charge in [0.2, 0.25) is 5.91 Å². The first kappa shape index (κ1) is 18.3. The molecule has 6 heteroatoms. The maximum Gasteiger partial charge on any atom is 0.217 e. The second-order valence-electron chi connectivity index (χ2n) is 8.10. The van der Waals surface area contributed by atoms with Gasteiger partial charge >= 0.3 is 0 Å². The second kappa shape index (κ2) is 7.17. The van der Waals surface area contributed by atoms with Crippen LogP contribution in [0.5, 0.6) is 5.75 Å². The van der Waals surface area contributed by atoms with Crippen molar-refractivity contribution < 1.29 is 13.9 Å². The van der Waals surface area contributed by atoms with Gasteiger partial charge in [-0.1, -0.05) is 12.1 Å². The first-order valence-corrected chi connectivity index (χ1v) is 9.75. The van der Waals surface area contributed by atoms with Crippen LogP contribution in [0.1, 0.15) is 31.9 Å². The lowest BCUT2D eigenvalue weighted by molar-refractivity contribution is -0.119. The van der Waals surface area contributed by atoms with Crippen LogP contribution >= 0.6 is 0 Å². The Morgan fingerprint density at radius 1 is 1.37 bits per heavy atom. The molecule has 3 heterocycles. The van der Waals surface area contributed by atoms with Crippen molar-refractivity contribution in [3.05, 3.63) is 30.0 Å². The van der Waals surface area contributed by atoms with Crippen LogP contribution in [0.2, 0.25) is 0 Å². The molecule has 0 aliphatic carbocycles. The predicted octanol–water partition coefficient (Wildman–Crippen LogP) is 2.62. The fourth-order valence-corrected chi connectivity index (χ4v) is 4.80. The molecule has 2 saturated heterocycles. The van der Waals surface area contributed by atoms with Gasteiger partial charge in [0.25, 0.3) is 0 Å². The molecule has 0 bridgehead atoms. The number of carbonyl (C=O) groups excluding carboxylic acids is 1. The lowest BCUT2D eigenvalue weighted by atomic mass is 9.84. The quantitative estimate of drug-likeness (QED) is 0.895. The second-order valence-corrected chi connectivity index (χ2v) is 8.10. The van der Waals surface area contributed by atoms with Crippen molar-refractivity contribution in [2.45, 2.75) is 44.3 Å². The van der Waals surface area contributed by atoms with E-state index in [-0.39, 0.29) is 17.5 Å². The first-order valence-electron chi connectivity index (χ1n) is 9.75. The largest absolute Gasteiger partial charge is 0.493 e. The summed E-state index contributed by atoms with van der Waals surface area (Å²) in [4.78, 5) is 16.5. The van der Waals surface area contributed by atoms with Crippen molar-refractivity contribution in [2.24, 2.45) is 0 Å². The average molecular weight is 371 g/mol. The SMILES string of the molecule is COc1cccc2cc(CN3C[C@H](NC(C)=O)CC34CCN(C)CC4)oc12. The number of nitrogens with zero attached hydrogens (tertiary/aromatic N) is 2. The lowest BCUT2D eigenvalue weighted by Gasteiger charge is -2.43. The van der Waals surface area contributed by atoms with Gasteiger partial charge in [-0.25, -0.2) is 0 Å². The molecule has 2 aromatic rings. The number of para-hydroxylation sites is 1. The van der Waals surface area contributed by atoms with E-state index in [1.807, 2.05) is 12.1 Å². The summed E-state index contributed by atoms with van der Waals surface area (Å²) in [6, 6.07) is 8.30. The fourth-order valence-electron chi connectivity index (χ4n) is 4.80. The van der Waals surface area contributed by atoms with Crippen LogP contribution in [-0.2, 0) is 11.3 Å². The summed E-state index contributed by atoms with van der Waals surface area (Å²) in [5.41, 5.74) is 0.952. The third-order valence-electron chi connectivity index (χ3n) is 6.19. The molecule has 2 aliphatic heterocycles. The van der Waals surface area contributed by atoms with Crippen LogP contribution in [0.15, 0.2) is 28.7 Å². The molecule has 6 nitrogen and oxygen atoms in total. The number of piperidine rings is 1. The van der Waals surface area contributed by atoms with Crippen molar-refractivity contribution in [1.29, 1.82) is 0 Å². The zero-order valence-corrected chi connectivity index (χ0v) is 16.5. The van der Waals surface area contributed by atoms with E-state index in [1.54, 1.807) is 14.0 Å². The highest BCUT2D eigenvalue weighted by Gasteiger charge is 2.47. The van der Waals surface area contributed by atoms with Gasteiger partial charge in [-0.05, 0) is 51.5 Å². The number of hydrogen-bond donors (Lipinski definition) is 1. The van der Waals surface area contributed by atoms with E-state index in [4.69, 9.17) is 9.15 Å². The van der Waals surface area contributed by atoms with Gasteiger partial charge in [-0.2, -0.15) is 0 Å². The Balaban J connectivity index is 1.59. The minimum absolute atomic E-state index is 0.0541. The Kier molecular flexibility index (Phi) is 4.86. The number of ether oxygens (including phenoxy) is 1. The molecule has 1 spiro atoms. The standard InChI is InChI=1S/C21H29N3O3/c1-15(25)22-17-12-21(7-9-23(2)10-8-21)24(13-17)14-18-11-16-5-4-6-19(26-3)20(16)27-18/h4-6,11,17H,7-10,12-14H2,1-3H3,(H,22,25)/t17-/m1/s1. The Morgan fingerprint density at radius 2 is 2.15 bits per heavy atom. The molecule has 1 atom stereocenters. The van der Waals surface area contributed by atoms with E-state index in [1.165, 1.54) is 0 Å². The minimum atomic E-state index is 0.0541. The van der Waals surface area contributed by atoms with Gasteiger partial charge in [0, 0.05) is 30.4 Å². The van der Waals surface area contributed by atoms with Crippen LogP contribution in [0.3, 0.4) is 0 Å². The zero-order chi connectivity index (χ0) is 19.0. The smallest absolute Gasteiger partial charge is 0.217 e. The molecule has 1 N–H and O–H groups in total. The van der Waals surface area contributed by atoms with E-state index in [9.17, 15) is 4.79 Å². The molecule has 0 radical (unpaired) electrons. The van der Waals surface area contributed by atoms with E-state index in [0.717, 1.165) is 67.9 Å². The fraction of sp³-hybridized carbons (Fsp3) is 0.571. The van der Waals surface area contributed by atoms with Crippen LogP contribution in [0.4, 0.5) is 0 Å². The Labute approximate surface area is 160 Å². The Morgan fingerprint density at radius 3 is 2.85 bits per heavy atom. The monoisotopic (exact) mass is 371 g/mol. The van der Waals surface area contributed by atoms with Crippen molar-refractivity contribution in [3.63, 3.8) is 0 Å². The molecule has 1 aromatic carbocycles. The van der Waals surface area contributed by atoms with Gasteiger partial charge < -0.3 is 19.4 Å². The molecule has 2 aliphatic rings. The molecule has 146 valence electrons. The highest BCUT2D eigenvalue weighted by atomic mass is 16.5. The molecule has 0 saturated carbocycles. The maximum atomic E-state index is 11.6. The van der Waals surface area contributed by atoms with Crippen molar-refractivity contribution in [2.75, 3.05) is 33.8 Å². The normalized spacial score (nSPS) is 23.1. The number of rotatable bonds is 4. The van der Waals surface area contributed by atoms with Crippen molar-refractivity contribution in [1.82, 2.24) is 15.1 Å². The van der Waals surface area contributed by atoms with Crippen LogP contribution in [-0.4, -0.2) is 61.1 Å². The highest BCUT2D eigenvalue weighted by molar-refractivity contribution is 5.83. The number of benzene rings is 1. The number of hydrogen-bond acceptors (Lipinski definition) is 5. The summed E-state index contributed by atoms with van der Waals surface area (Å²) in [6.45, 7) is 5.43. The highest BCUT2D eigenvalue weighted by Crippen LogP contribution is 2.40. The van der Waals surface area contributed by atoms with Gasteiger partial charge in [-0.15, -0.1) is 0 Å². The average Bonchev–Trinajstić information content (AvgIpc) is 3.18. The van der Waals surface area contributed by atoms with Crippen LogP contribution in [0.25, 0.3) is 11.0 Å². The maximum absolute atomic E-state index is 11.6. The molecule has 27 heavy (non-hydrogen) atoms. The van der Waals surface area contributed by atoms with Crippen LogP contribution < -0.4 is 10.1 Å². The summed E-state index contributed by atoms with van der Waals surface area (Å²) in [7, 11) is 3.85. The van der Waals surface area contributed by atoms with Gasteiger partial charge in [0.05, 0.1) is 13.7 Å². The molecule has 2 fully saturated rings. The number of carbonyl (C=O) groups is 1. The summed E-state index contributed by atoms with van der Waals surface area (Å²) in [5, 5.41) is 4.21. The lowest BCUT2D eigenvalue weighted by Crippen LogP contribution is -2.50. The number of fused-ring (bicyclic) bond motifs is 1. The molecular weight excluding hydrogens is 342 g/mol. The summed E-state index contributed by atoms with van der Waals surface area (Å²) < 4.78 is 11.6. The van der Waals surface area contributed by atoms with Gasteiger partial charge in [0.15, 0.2) is 11.3 Å². The van der Waals surface area contributed by atoms with Crippen molar-refractivity contribution in [3.8, 4) is 5.75 Å². The van der Waals surface area contributed by atoms with E-state index >= 15 is 0 Å². The third-order valence-corrected chi connectivity index (χ3v) is 6.19. The first-order chi connectivity index (χ1) is 13.0. The Hall–Kier alpha value is -2.05. The summed E-state index contributed by atoms with van der Waals surface area (Å²) in [5.74, 6) is 1.78.